The highest BCUT2D eigenvalue weighted by molar-refractivity contribution is 7.71. The summed E-state index contributed by atoms with van der Waals surface area (Å²) in [5.74, 6) is 0.452. The van der Waals surface area contributed by atoms with Crippen molar-refractivity contribution < 1.29 is 13.9 Å². The molecule has 1 aromatic carbocycles. The van der Waals surface area contributed by atoms with Gasteiger partial charge in [-0.3, -0.25) is 4.79 Å². The second-order valence-corrected chi connectivity index (χ2v) is 7.73. The Morgan fingerprint density at radius 3 is 3.00 bits per heavy atom. The molecular weight excluding hydrogens is 324 g/mol. The highest BCUT2D eigenvalue weighted by atomic mass is 32.1. The van der Waals surface area contributed by atoms with Gasteiger partial charge in [0.25, 0.3) is 10.7 Å². The van der Waals surface area contributed by atoms with E-state index >= 15 is 0 Å². The van der Waals surface area contributed by atoms with E-state index in [1.54, 1.807) is 6.07 Å². The summed E-state index contributed by atoms with van der Waals surface area (Å²) in [5.41, 5.74) is 2.24. The number of ether oxygens (including phenoxy) is 1. The zero-order valence-electron chi connectivity index (χ0n) is 13.3. The van der Waals surface area contributed by atoms with Gasteiger partial charge in [0.05, 0.1) is 11.6 Å². The lowest BCUT2D eigenvalue weighted by Crippen LogP contribution is -2.68. The zero-order valence-corrected chi connectivity index (χ0v) is 14.2. The maximum absolute atomic E-state index is 12.8. The predicted octanol–water partition coefficient (Wildman–Crippen LogP) is 3.57. The molecule has 6 heteroatoms. The van der Waals surface area contributed by atoms with Gasteiger partial charge in [-0.15, -0.1) is 0 Å². The molecule has 2 N–H and O–H groups in total. The number of fused-ring (bicyclic) bond motifs is 3. The lowest BCUT2D eigenvalue weighted by atomic mass is 9.54. The van der Waals surface area contributed by atoms with Crippen LogP contribution in [0.2, 0.25) is 0 Å². The van der Waals surface area contributed by atoms with Crippen LogP contribution in [0, 0.1) is 16.2 Å². The predicted molar refractivity (Wildman–Crippen MR) is 91.4 cm³/mol. The quantitative estimate of drug-likeness (QED) is 0.818. The minimum Gasteiger partial charge on any atom is -0.429 e. The Labute approximate surface area is 144 Å². The Kier molecular flexibility index (Phi) is 3.16. The first-order valence-electron chi connectivity index (χ1n) is 8.73. The summed E-state index contributed by atoms with van der Waals surface area (Å²) in [6, 6.07) is 5.67. The number of aromatic nitrogens is 1. The largest absolute Gasteiger partial charge is 0.429 e. The van der Waals surface area contributed by atoms with Gasteiger partial charge in [0, 0.05) is 29.5 Å². The van der Waals surface area contributed by atoms with Gasteiger partial charge in [0.15, 0.2) is 5.58 Å². The third-order valence-corrected chi connectivity index (χ3v) is 6.44. The van der Waals surface area contributed by atoms with E-state index < -0.39 is 0 Å². The SMILES string of the molecule is O=C(N[C@@H]1[C@H]2CCO[C@@H]2C12CCCC2)c1ccc2[nH]c(=S)oc2c1. The monoisotopic (exact) mass is 344 g/mol. The molecule has 0 unspecified atom stereocenters. The molecule has 1 spiro atoms. The topological polar surface area (TPSA) is 67.3 Å². The van der Waals surface area contributed by atoms with Gasteiger partial charge in [0.1, 0.15) is 0 Å². The normalized spacial score (nSPS) is 30.4. The first-order chi connectivity index (χ1) is 11.7. The van der Waals surface area contributed by atoms with E-state index in [0.29, 0.717) is 28.0 Å². The molecule has 1 aromatic heterocycles. The summed E-state index contributed by atoms with van der Waals surface area (Å²) in [5, 5.41) is 3.31. The molecule has 2 aromatic rings. The summed E-state index contributed by atoms with van der Waals surface area (Å²) in [4.78, 5) is 16.1. The molecule has 5 rings (SSSR count). The Hall–Kier alpha value is -1.66. The fourth-order valence-electron chi connectivity index (χ4n) is 5.22. The van der Waals surface area contributed by atoms with E-state index in [1.807, 2.05) is 12.1 Å². The Morgan fingerprint density at radius 1 is 1.33 bits per heavy atom. The molecule has 3 fully saturated rings. The van der Waals surface area contributed by atoms with Crippen molar-refractivity contribution in [2.24, 2.45) is 11.3 Å². The number of aromatic amines is 1. The fourth-order valence-corrected chi connectivity index (χ4v) is 5.42. The van der Waals surface area contributed by atoms with Gasteiger partial charge < -0.3 is 19.5 Å². The van der Waals surface area contributed by atoms with Crippen LogP contribution >= 0.6 is 12.2 Å². The van der Waals surface area contributed by atoms with E-state index in [9.17, 15) is 4.79 Å². The van der Waals surface area contributed by atoms with Crippen molar-refractivity contribution in [2.45, 2.75) is 44.2 Å². The smallest absolute Gasteiger partial charge is 0.266 e. The molecule has 24 heavy (non-hydrogen) atoms. The number of hydrogen-bond donors (Lipinski definition) is 2. The number of carbonyl (C=O) groups excluding carboxylic acids is 1. The lowest BCUT2D eigenvalue weighted by molar-refractivity contribution is -0.126. The van der Waals surface area contributed by atoms with E-state index in [2.05, 4.69) is 10.3 Å². The van der Waals surface area contributed by atoms with Gasteiger partial charge in [-0.2, -0.15) is 0 Å². The van der Waals surface area contributed by atoms with Crippen molar-refractivity contribution in [3.05, 3.63) is 28.6 Å². The zero-order chi connectivity index (χ0) is 16.3. The number of H-pyrrole nitrogens is 1. The van der Waals surface area contributed by atoms with Crippen LogP contribution in [0.15, 0.2) is 22.6 Å². The average molecular weight is 344 g/mol. The second kappa shape index (κ2) is 5.17. The highest BCUT2D eigenvalue weighted by Crippen LogP contribution is 2.60. The van der Waals surface area contributed by atoms with Crippen LogP contribution in [0.1, 0.15) is 42.5 Å². The van der Waals surface area contributed by atoms with Crippen LogP contribution in [0.3, 0.4) is 0 Å². The van der Waals surface area contributed by atoms with Gasteiger partial charge in [0.2, 0.25) is 0 Å². The Morgan fingerprint density at radius 2 is 2.17 bits per heavy atom. The van der Waals surface area contributed by atoms with Gasteiger partial charge in [-0.25, -0.2) is 0 Å². The molecule has 1 amide bonds. The Balaban J connectivity index is 1.41. The van der Waals surface area contributed by atoms with Crippen molar-refractivity contribution in [1.29, 1.82) is 0 Å². The summed E-state index contributed by atoms with van der Waals surface area (Å²) in [7, 11) is 0. The summed E-state index contributed by atoms with van der Waals surface area (Å²) in [6.07, 6.45) is 6.25. The summed E-state index contributed by atoms with van der Waals surface area (Å²) < 4.78 is 11.4. The summed E-state index contributed by atoms with van der Waals surface area (Å²) >= 11 is 5.00. The third-order valence-electron chi connectivity index (χ3n) is 6.26. The second-order valence-electron chi connectivity index (χ2n) is 7.36. The molecule has 3 atom stereocenters. The van der Waals surface area contributed by atoms with Crippen LogP contribution in [-0.2, 0) is 4.74 Å². The van der Waals surface area contributed by atoms with Crippen molar-refractivity contribution in [3.63, 3.8) is 0 Å². The minimum absolute atomic E-state index is 0.0270. The molecular formula is C18H20N2O3S. The van der Waals surface area contributed by atoms with Gasteiger partial charge in [-0.05, 0) is 49.7 Å². The summed E-state index contributed by atoms with van der Waals surface area (Å²) in [6.45, 7) is 0.833. The van der Waals surface area contributed by atoms with E-state index in [-0.39, 0.29) is 17.4 Å². The number of nitrogens with one attached hydrogen (secondary N) is 2. The number of carbonyl (C=O) groups is 1. The number of oxazole rings is 1. The molecule has 5 nitrogen and oxygen atoms in total. The lowest BCUT2D eigenvalue weighted by Gasteiger charge is -2.56. The van der Waals surface area contributed by atoms with Crippen molar-refractivity contribution in [2.75, 3.05) is 6.61 Å². The van der Waals surface area contributed by atoms with E-state index in [1.165, 1.54) is 25.7 Å². The Bertz CT molecular complexity index is 865. The number of hydrogen-bond acceptors (Lipinski definition) is 4. The standard InChI is InChI=1S/C18H20N2O3S/c21-16(10-3-4-12-13(9-10)23-17(24)19-12)20-14-11-5-8-22-15(11)18(14)6-1-2-7-18/h3-4,9,11,14-15H,1-2,5-8H2,(H,19,24)(H,20,21)/t11-,14-,15+/m1/s1. The fraction of sp³-hybridized carbons (Fsp3) is 0.556. The van der Waals surface area contributed by atoms with Crippen LogP contribution in [0.5, 0.6) is 0 Å². The molecule has 1 saturated heterocycles. The van der Waals surface area contributed by atoms with Crippen LogP contribution in [-0.4, -0.2) is 29.6 Å². The number of amides is 1. The first-order valence-corrected chi connectivity index (χ1v) is 9.14. The molecule has 0 bridgehead atoms. The number of benzene rings is 1. The molecule has 126 valence electrons. The third kappa shape index (κ3) is 1.96. The molecule has 3 aliphatic rings. The molecule has 1 aliphatic heterocycles. The van der Waals surface area contributed by atoms with Crippen LogP contribution in [0.25, 0.3) is 11.1 Å². The van der Waals surface area contributed by atoms with Gasteiger partial charge >= 0.3 is 0 Å². The molecule has 2 aliphatic carbocycles. The van der Waals surface area contributed by atoms with E-state index in [4.69, 9.17) is 21.4 Å². The minimum atomic E-state index is -0.0270. The molecule has 2 heterocycles. The maximum atomic E-state index is 12.8. The van der Waals surface area contributed by atoms with Crippen LogP contribution in [0.4, 0.5) is 0 Å². The molecule has 0 radical (unpaired) electrons. The van der Waals surface area contributed by atoms with E-state index in [0.717, 1.165) is 18.5 Å². The highest BCUT2D eigenvalue weighted by Gasteiger charge is 2.65. The van der Waals surface area contributed by atoms with Crippen molar-refractivity contribution >= 4 is 29.2 Å². The molecule has 2 saturated carbocycles. The average Bonchev–Trinajstić information content (AvgIpc) is 3.28. The van der Waals surface area contributed by atoms with Crippen molar-refractivity contribution in [3.8, 4) is 0 Å². The first kappa shape index (κ1) is 14.7. The van der Waals surface area contributed by atoms with Crippen molar-refractivity contribution in [1.82, 2.24) is 10.3 Å². The van der Waals surface area contributed by atoms with Crippen LogP contribution < -0.4 is 5.32 Å². The maximum Gasteiger partial charge on any atom is 0.266 e. The number of rotatable bonds is 2. The van der Waals surface area contributed by atoms with Gasteiger partial charge in [-0.1, -0.05) is 12.8 Å².